The van der Waals surface area contributed by atoms with Gasteiger partial charge in [-0.05, 0) is 49.1 Å². The third kappa shape index (κ3) is 2.95. The summed E-state index contributed by atoms with van der Waals surface area (Å²) in [7, 11) is 0. The average molecular weight is 367 g/mol. The highest BCUT2D eigenvalue weighted by atomic mass is 32.1. The Hall–Kier alpha value is -3.13. The lowest BCUT2D eigenvalue weighted by Gasteiger charge is -2.07. The highest BCUT2D eigenvalue weighted by Gasteiger charge is 2.18. The molecule has 0 bridgehead atoms. The van der Waals surface area contributed by atoms with Crippen LogP contribution in [0.15, 0.2) is 35.7 Å². The number of hydrogen-bond donors (Lipinski definition) is 2. The van der Waals surface area contributed by atoms with E-state index >= 15 is 0 Å². The van der Waals surface area contributed by atoms with Crippen LogP contribution >= 0.6 is 11.3 Å². The van der Waals surface area contributed by atoms with Crippen molar-refractivity contribution in [1.82, 2.24) is 20.2 Å². The fourth-order valence-electron chi connectivity index (χ4n) is 2.55. The molecule has 0 amide bonds. The van der Waals surface area contributed by atoms with Gasteiger partial charge < -0.3 is 5.32 Å². The molecular formula is C18H14FN5OS. The van der Waals surface area contributed by atoms with Gasteiger partial charge in [-0.15, -0.1) is 11.3 Å². The third-order valence-corrected chi connectivity index (χ3v) is 4.95. The zero-order valence-corrected chi connectivity index (χ0v) is 14.8. The summed E-state index contributed by atoms with van der Waals surface area (Å²) in [5, 5.41) is 12.1. The number of hydrogen-bond acceptors (Lipinski definition) is 6. The van der Waals surface area contributed by atoms with Gasteiger partial charge in [0.05, 0.1) is 10.2 Å². The van der Waals surface area contributed by atoms with E-state index in [0.717, 1.165) is 16.0 Å². The quantitative estimate of drug-likeness (QED) is 0.530. The molecule has 2 N–H and O–H groups in total. The van der Waals surface area contributed by atoms with Gasteiger partial charge in [-0.1, -0.05) is 0 Å². The summed E-state index contributed by atoms with van der Waals surface area (Å²) in [6, 6.07) is 7.18. The monoisotopic (exact) mass is 367 g/mol. The zero-order valence-electron chi connectivity index (χ0n) is 14.0. The van der Waals surface area contributed by atoms with Crippen molar-refractivity contribution in [3.05, 3.63) is 64.2 Å². The van der Waals surface area contributed by atoms with Crippen LogP contribution in [0, 0.1) is 19.7 Å². The predicted octanol–water partition coefficient (Wildman–Crippen LogP) is 4.14. The van der Waals surface area contributed by atoms with Gasteiger partial charge in [-0.25, -0.2) is 14.4 Å². The third-order valence-electron chi connectivity index (χ3n) is 3.85. The highest BCUT2D eigenvalue weighted by molar-refractivity contribution is 7.18. The minimum atomic E-state index is -0.400. The molecule has 130 valence electrons. The lowest BCUT2D eigenvalue weighted by Crippen LogP contribution is -2.09. The van der Waals surface area contributed by atoms with E-state index in [1.807, 2.05) is 25.3 Å². The molecule has 0 unspecified atom stereocenters. The second-order valence-corrected chi connectivity index (χ2v) is 6.77. The molecule has 8 heteroatoms. The van der Waals surface area contributed by atoms with Crippen LogP contribution in [0.2, 0.25) is 0 Å². The lowest BCUT2D eigenvalue weighted by atomic mass is 10.1. The molecule has 3 aromatic heterocycles. The number of benzene rings is 1. The molecule has 0 aliphatic rings. The summed E-state index contributed by atoms with van der Waals surface area (Å²) in [4.78, 5) is 21.6. The predicted molar refractivity (Wildman–Crippen MR) is 98.6 cm³/mol. The summed E-state index contributed by atoms with van der Waals surface area (Å²) in [5.41, 5.74) is 2.91. The maximum Gasteiger partial charge on any atom is 0.230 e. The minimum absolute atomic E-state index is 0.0559. The van der Waals surface area contributed by atoms with E-state index in [1.165, 1.54) is 35.6 Å². The molecule has 0 atom stereocenters. The van der Waals surface area contributed by atoms with Gasteiger partial charge in [0.15, 0.2) is 11.6 Å². The number of H-pyrrole nitrogens is 1. The van der Waals surface area contributed by atoms with Crippen molar-refractivity contribution in [3.8, 4) is 0 Å². The van der Waals surface area contributed by atoms with Crippen molar-refractivity contribution < 1.29 is 9.18 Å². The van der Waals surface area contributed by atoms with Crippen LogP contribution in [0.1, 0.15) is 27.4 Å². The maximum absolute atomic E-state index is 13.1. The number of nitrogens with one attached hydrogen (secondary N) is 2. The van der Waals surface area contributed by atoms with E-state index in [-0.39, 0.29) is 11.6 Å². The number of halogens is 1. The standard InChI is InChI=1S/C18H14FN5OS/c1-9-8-26-16-14(9)21-17(15(25)11-3-5-12(19)6-4-11)22-18(16)20-13-7-10(2)23-24-13/h3-8H,1-2H3,(H2,20,21,22,23,24). The summed E-state index contributed by atoms with van der Waals surface area (Å²) >= 11 is 1.50. The molecule has 1 aromatic carbocycles. The smallest absolute Gasteiger partial charge is 0.230 e. The molecular weight excluding hydrogens is 353 g/mol. The van der Waals surface area contributed by atoms with E-state index in [2.05, 4.69) is 25.5 Å². The topological polar surface area (TPSA) is 83.6 Å². The molecule has 0 aliphatic carbocycles. The first-order valence-corrected chi connectivity index (χ1v) is 8.74. The molecule has 26 heavy (non-hydrogen) atoms. The van der Waals surface area contributed by atoms with E-state index < -0.39 is 5.82 Å². The molecule has 4 rings (SSSR count). The number of anilines is 2. The molecule has 3 heterocycles. The van der Waals surface area contributed by atoms with Crippen molar-refractivity contribution in [2.75, 3.05) is 5.32 Å². The normalized spacial score (nSPS) is 11.0. The molecule has 4 aromatic rings. The average Bonchev–Trinajstić information content (AvgIpc) is 3.21. The number of carbonyl (C=O) groups is 1. The Kier molecular flexibility index (Phi) is 3.96. The fraction of sp³-hybridized carbons (Fsp3) is 0.111. The van der Waals surface area contributed by atoms with Crippen molar-refractivity contribution in [2.45, 2.75) is 13.8 Å². The fourth-order valence-corrected chi connectivity index (χ4v) is 3.49. The number of rotatable bonds is 4. The maximum atomic E-state index is 13.1. The highest BCUT2D eigenvalue weighted by Crippen LogP contribution is 2.31. The first-order chi connectivity index (χ1) is 12.5. The first kappa shape index (κ1) is 16.3. The van der Waals surface area contributed by atoms with Crippen LogP contribution in [0.3, 0.4) is 0 Å². The summed E-state index contributed by atoms with van der Waals surface area (Å²) in [6.07, 6.45) is 0. The Labute approximate surface area is 152 Å². The Bertz CT molecular complexity index is 1120. The molecule has 0 aliphatic heterocycles. The molecule has 0 saturated carbocycles. The van der Waals surface area contributed by atoms with Gasteiger partial charge in [-0.2, -0.15) is 5.10 Å². The molecule has 0 radical (unpaired) electrons. The molecule has 0 saturated heterocycles. The van der Waals surface area contributed by atoms with Gasteiger partial charge >= 0.3 is 0 Å². The van der Waals surface area contributed by atoms with Crippen LogP contribution in [0.4, 0.5) is 16.0 Å². The number of thiophene rings is 1. The van der Waals surface area contributed by atoms with Gasteiger partial charge in [0.1, 0.15) is 5.82 Å². The van der Waals surface area contributed by atoms with Gasteiger partial charge in [0.25, 0.3) is 0 Å². The molecule has 0 fully saturated rings. The number of nitrogens with zero attached hydrogens (tertiary/aromatic N) is 3. The molecule has 6 nitrogen and oxygen atoms in total. The minimum Gasteiger partial charge on any atom is -0.322 e. The largest absolute Gasteiger partial charge is 0.322 e. The SMILES string of the molecule is Cc1cc(Nc2nc(C(=O)c3ccc(F)cc3)nc3c(C)csc23)n[nH]1. The van der Waals surface area contributed by atoms with E-state index in [9.17, 15) is 9.18 Å². The van der Waals surface area contributed by atoms with Crippen LogP contribution in [0.25, 0.3) is 10.2 Å². The Morgan fingerprint density at radius 2 is 1.96 bits per heavy atom. The Morgan fingerprint density at radius 1 is 1.19 bits per heavy atom. The van der Waals surface area contributed by atoms with E-state index in [1.54, 1.807) is 0 Å². The van der Waals surface area contributed by atoms with E-state index in [0.29, 0.717) is 22.7 Å². The van der Waals surface area contributed by atoms with Gasteiger partial charge in [-0.3, -0.25) is 9.89 Å². The summed E-state index contributed by atoms with van der Waals surface area (Å²) in [6.45, 7) is 3.83. The number of aromatic nitrogens is 4. The summed E-state index contributed by atoms with van der Waals surface area (Å²) < 4.78 is 14.0. The van der Waals surface area contributed by atoms with Crippen molar-refractivity contribution in [1.29, 1.82) is 0 Å². The van der Waals surface area contributed by atoms with Gasteiger partial charge in [0.2, 0.25) is 11.6 Å². The van der Waals surface area contributed by atoms with Crippen molar-refractivity contribution in [2.24, 2.45) is 0 Å². The summed E-state index contributed by atoms with van der Waals surface area (Å²) in [5.74, 6) is 0.417. The van der Waals surface area contributed by atoms with Crippen molar-refractivity contribution in [3.63, 3.8) is 0 Å². The van der Waals surface area contributed by atoms with Crippen molar-refractivity contribution >= 4 is 39.0 Å². The second-order valence-electron chi connectivity index (χ2n) is 5.89. The number of aryl methyl sites for hydroxylation is 2. The Balaban J connectivity index is 1.81. The first-order valence-electron chi connectivity index (χ1n) is 7.86. The zero-order chi connectivity index (χ0) is 18.3. The van der Waals surface area contributed by atoms with Crippen LogP contribution in [0.5, 0.6) is 0 Å². The van der Waals surface area contributed by atoms with Crippen LogP contribution in [-0.4, -0.2) is 25.9 Å². The van der Waals surface area contributed by atoms with Gasteiger partial charge in [0, 0.05) is 17.3 Å². The molecule has 0 spiro atoms. The second kappa shape index (κ2) is 6.30. The van der Waals surface area contributed by atoms with Crippen LogP contribution < -0.4 is 5.32 Å². The number of fused-ring (bicyclic) bond motifs is 1. The number of ketones is 1. The number of carbonyl (C=O) groups excluding carboxylic acids is 1. The number of aromatic amines is 1. The lowest BCUT2D eigenvalue weighted by molar-refractivity contribution is 0.103. The van der Waals surface area contributed by atoms with E-state index in [4.69, 9.17) is 0 Å². The Morgan fingerprint density at radius 3 is 2.65 bits per heavy atom. The van der Waals surface area contributed by atoms with Crippen LogP contribution in [-0.2, 0) is 0 Å².